The maximum absolute atomic E-state index is 13.1. The Bertz CT molecular complexity index is 1280. The number of piperazine rings is 1. The third kappa shape index (κ3) is 5.61. The predicted molar refractivity (Wildman–Crippen MR) is 132 cm³/mol. The normalized spacial score (nSPS) is 15.2. The highest BCUT2D eigenvalue weighted by molar-refractivity contribution is 7.89. The van der Waals surface area contributed by atoms with Crippen LogP contribution in [0, 0.1) is 6.92 Å². The molecule has 4 rings (SSSR count). The van der Waals surface area contributed by atoms with Crippen molar-refractivity contribution in [2.45, 2.75) is 11.8 Å². The van der Waals surface area contributed by atoms with Crippen molar-refractivity contribution in [3.05, 3.63) is 72.3 Å². The van der Waals surface area contributed by atoms with Crippen LogP contribution < -0.4 is 10.6 Å². The minimum Gasteiger partial charge on any atom is -0.347 e. The number of nitrogens with one attached hydrogen (secondary N) is 2. The third-order valence-corrected chi connectivity index (χ3v) is 7.81. The van der Waals surface area contributed by atoms with Gasteiger partial charge in [0.2, 0.25) is 10.0 Å². The van der Waals surface area contributed by atoms with E-state index in [4.69, 9.17) is 0 Å². The number of nitrogens with zero attached hydrogens (tertiary/aromatic N) is 2. The molecule has 0 radical (unpaired) electrons. The van der Waals surface area contributed by atoms with E-state index < -0.39 is 21.8 Å². The lowest BCUT2D eigenvalue weighted by Crippen LogP contribution is -2.50. The molecule has 1 aliphatic rings. The van der Waals surface area contributed by atoms with Gasteiger partial charge < -0.3 is 10.6 Å². The molecule has 1 saturated heterocycles. The lowest BCUT2D eigenvalue weighted by molar-refractivity contribution is -0.136. The number of carbonyl (C=O) groups is 2. The highest BCUT2D eigenvalue weighted by Crippen LogP contribution is 2.22. The number of sulfonamides is 1. The zero-order valence-electron chi connectivity index (χ0n) is 19.0. The van der Waals surface area contributed by atoms with Crippen LogP contribution in [-0.2, 0) is 19.6 Å². The summed E-state index contributed by atoms with van der Waals surface area (Å²) in [6, 6.07) is 20.1. The quantitative estimate of drug-likeness (QED) is 0.527. The highest BCUT2D eigenvalue weighted by atomic mass is 32.2. The Morgan fingerprint density at radius 1 is 0.853 bits per heavy atom. The molecule has 34 heavy (non-hydrogen) atoms. The molecule has 0 bridgehead atoms. The number of aryl methyl sites for hydroxylation is 1. The van der Waals surface area contributed by atoms with Crippen LogP contribution in [0.5, 0.6) is 0 Å². The van der Waals surface area contributed by atoms with Gasteiger partial charge in [0, 0.05) is 45.0 Å². The monoisotopic (exact) mass is 480 g/mol. The summed E-state index contributed by atoms with van der Waals surface area (Å²) in [7, 11) is -3.57. The Morgan fingerprint density at radius 2 is 1.53 bits per heavy atom. The highest BCUT2D eigenvalue weighted by Gasteiger charge is 2.28. The summed E-state index contributed by atoms with van der Waals surface area (Å²) in [6.07, 6.45) is 0. The van der Waals surface area contributed by atoms with Crippen LogP contribution >= 0.6 is 0 Å². The van der Waals surface area contributed by atoms with Gasteiger partial charge in [-0.15, -0.1) is 0 Å². The van der Waals surface area contributed by atoms with Gasteiger partial charge in [0.15, 0.2) is 0 Å². The molecule has 0 spiro atoms. The topological polar surface area (TPSA) is 98.8 Å². The third-order valence-electron chi connectivity index (χ3n) is 5.92. The zero-order chi connectivity index (χ0) is 24.1. The fourth-order valence-corrected chi connectivity index (χ4v) is 5.36. The largest absolute Gasteiger partial charge is 0.347 e. The van der Waals surface area contributed by atoms with Crippen molar-refractivity contribution in [1.82, 2.24) is 14.5 Å². The lowest BCUT2D eigenvalue weighted by Gasteiger charge is -2.34. The average Bonchev–Trinajstić information content (AvgIpc) is 2.85. The van der Waals surface area contributed by atoms with Crippen molar-refractivity contribution in [3.63, 3.8) is 0 Å². The van der Waals surface area contributed by atoms with Gasteiger partial charge in [0.05, 0.1) is 4.90 Å². The van der Waals surface area contributed by atoms with Crippen LogP contribution in [0.4, 0.5) is 5.69 Å². The fraction of sp³-hybridized carbons (Fsp3) is 0.280. The number of fused-ring (bicyclic) bond motifs is 1. The van der Waals surface area contributed by atoms with Crippen LogP contribution in [0.25, 0.3) is 10.8 Å². The molecule has 1 fully saturated rings. The Balaban J connectivity index is 1.23. The SMILES string of the molecule is Cc1ccc(NC(=O)C(=O)NCCN2CCN(S(=O)(=O)c3ccc4ccccc4c3)CC2)cc1. The van der Waals surface area contributed by atoms with E-state index in [9.17, 15) is 18.0 Å². The number of hydrogen-bond donors (Lipinski definition) is 2. The van der Waals surface area contributed by atoms with Crippen LogP contribution in [0.15, 0.2) is 71.6 Å². The second-order valence-electron chi connectivity index (χ2n) is 8.33. The van der Waals surface area contributed by atoms with E-state index in [1.54, 1.807) is 24.3 Å². The smallest absolute Gasteiger partial charge is 0.313 e. The summed E-state index contributed by atoms with van der Waals surface area (Å²) in [6.45, 7) is 4.63. The summed E-state index contributed by atoms with van der Waals surface area (Å²) in [4.78, 5) is 26.5. The van der Waals surface area contributed by atoms with Crippen LogP contribution in [0.1, 0.15) is 5.56 Å². The predicted octanol–water partition coefficient (Wildman–Crippen LogP) is 2.21. The summed E-state index contributed by atoms with van der Waals surface area (Å²) in [5.74, 6) is -1.41. The fourth-order valence-electron chi connectivity index (χ4n) is 3.90. The van der Waals surface area contributed by atoms with Crippen molar-refractivity contribution in [2.75, 3.05) is 44.6 Å². The number of amides is 2. The number of benzene rings is 3. The summed E-state index contributed by atoms with van der Waals surface area (Å²) >= 11 is 0. The summed E-state index contributed by atoms with van der Waals surface area (Å²) < 4.78 is 27.7. The average molecular weight is 481 g/mol. The number of carbonyl (C=O) groups excluding carboxylic acids is 2. The molecule has 0 unspecified atom stereocenters. The van der Waals surface area contributed by atoms with Crippen molar-refractivity contribution in [3.8, 4) is 0 Å². The second kappa shape index (κ2) is 10.3. The Hall–Kier alpha value is -3.27. The van der Waals surface area contributed by atoms with E-state index in [2.05, 4.69) is 15.5 Å². The van der Waals surface area contributed by atoms with Gasteiger partial charge in [0.25, 0.3) is 0 Å². The van der Waals surface area contributed by atoms with E-state index >= 15 is 0 Å². The van der Waals surface area contributed by atoms with Gasteiger partial charge in [-0.2, -0.15) is 4.31 Å². The van der Waals surface area contributed by atoms with Gasteiger partial charge in [0.1, 0.15) is 0 Å². The molecular weight excluding hydrogens is 452 g/mol. The van der Waals surface area contributed by atoms with Gasteiger partial charge >= 0.3 is 11.8 Å². The molecule has 3 aromatic carbocycles. The van der Waals surface area contributed by atoms with Gasteiger partial charge in [-0.1, -0.05) is 48.0 Å². The molecule has 8 nitrogen and oxygen atoms in total. The van der Waals surface area contributed by atoms with Crippen molar-refractivity contribution in [1.29, 1.82) is 0 Å². The summed E-state index contributed by atoms with van der Waals surface area (Å²) in [5, 5.41) is 7.08. The van der Waals surface area contributed by atoms with Gasteiger partial charge in [-0.3, -0.25) is 14.5 Å². The molecule has 1 aliphatic heterocycles. The first-order valence-electron chi connectivity index (χ1n) is 11.2. The van der Waals surface area contributed by atoms with E-state index in [0.717, 1.165) is 16.3 Å². The molecule has 9 heteroatoms. The second-order valence-corrected chi connectivity index (χ2v) is 10.3. The molecule has 3 aromatic rings. The molecule has 2 amide bonds. The first kappa shape index (κ1) is 23.9. The first-order valence-corrected chi connectivity index (χ1v) is 12.6. The van der Waals surface area contributed by atoms with E-state index in [1.165, 1.54) is 4.31 Å². The number of rotatable bonds is 6. The van der Waals surface area contributed by atoms with Crippen LogP contribution in [-0.4, -0.2) is 68.7 Å². The molecule has 0 saturated carbocycles. The minimum absolute atomic E-state index is 0.298. The van der Waals surface area contributed by atoms with Crippen LogP contribution in [0.2, 0.25) is 0 Å². The molecule has 0 atom stereocenters. The molecular formula is C25H28N4O4S. The van der Waals surface area contributed by atoms with E-state index in [1.807, 2.05) is 49.4 Å². The molecule has 178 valence electrons. The van der Waals surface area contributed by atoms with Gasteiger partial charge in [-0.25, -0.2) is 8.42 Å². The first-order chi connectivity index (χ1) is 16.3. The van der Waals surface area contributed by atoms with E-state index in [0.29, 0.717) is 49.9 Å². The van der Waals surface area contributed by atoms with Crippen molar-refractivity contribution < 1.29 is 18.0 Å². The van der Waals surface area contributed by atoms with Crippen molar-refractivity contribution >= 4 is 38.3 Å². The van der Waals surface area contributed by atoms with E-state index in [-0.39, 0.29) is 0 Å². The summed E-state index contributed by atoms with van der Waals surface area (Å²) in [5.41, 5.74) is 1.63. The standard InChI is InChI=1S/C25H28N4O4S/c1-19-6-9-22(10-7-19)27-25(31)24(30)26-12-13-28-14-16-29(17-15-28)34(32,33)23-11-8-20-4-2-3-5-21(20)18-23/h2-11,18H,12-17H2,1H3,(H,26,30)(H,27,31). The molecule has 2 N–H and O–H groups in total. The molecule has 0 aromatic heterocycles. The number of hydrogen-bond acceptors (Lipinski definition) is 5. The Morgan fingerprint density at radius 3 is 2.24 bits per heavy atom. The maximum Gasteiger partial charge on any atom is 0.313 e. The van der Waals surface area contributed by atoms with Crippen molar-refractivity contribution in [2.24, 2.45) is 0 Å². The Kier molecular flexibility index (Phi) is 7.26. The molecule has 1 heterocycles. The Labute approximate surface area is 199 Å². The zero-order valence-corrected chi connectivity index (χ0v) is 19.8. The minimum atomic E-state index is -3.57. The van der Waals surface area contributed by atoms with Gasteiger partial charge in [-0.05, 0) is 42.0 Å². The number of anilines is 1. The lowest BCUT2D eigenvalue weighted by atomic mass is 10.1. The van der Waals surface area contributed by atoms with Crippen LogP contribution in [0.3, 0.4) is 0 Å². The maximum atomic E-state index is 13.1. The molecule has 0 aliphatic carbocycles.